The van der Waals surface area contributed by atoms with E-state index in [0.29, 0.717) is 18.8 Å². The van der Waals surface area contributed by atoms with E-state index in [4.69, 9.17) is 11.6 Å². The summed E-state index contributed by atoms with van der Waals surface area (Å²) >= 11 is 7.74. The van der Waals surface area contributed by atoms with Crippen LogP contribution in [0.1, 0.15) is 23.2 Å². The SMILES string of the molecule is O=C(Nc1ccc(-c2cn3ccsc3n2)cc1)c1ccc(Cl)c(S(=O)(=O)N2CCCC2)c1. The van der Waals surface area contributed by atoms with Crippen molar-refractivity contribution in [2.45, 2.75) is 17.7 Å². The number of carbonyl (C=O) groups is 1. The third-order valence-corrected chi connectivity index (χ3v) is 8.56. The molecule has 2 aromatic heterocycles. The van der Waals surface area contributed by atoms with Gasteiger partial charge in [0, 0.05) is 47.7 Å². The summed E-state index contributed by atoms with van der Waals surface area (Å²) in [5.74, 6) is -0.408. The van der Waals surface area contributed by atoms with E-state index in [1.807, 2.05) is 34.3 Å². The lowest BCUT2D eigenvalue weighted by Crippen LogP contribution is -2.28. The number of sulfonamides is 1. The lowest BCUT2D eigenvalue weighted by Gasteiger charge is -2.17. The van der Waals surface area contributed by atoms with E-state index in [9.17, 15) is 13.2 Å². The van der Waals surface area contributed by atoms with Crippen LogP contribution in [0.25, 0.3) is 16.2 Å². The Hall–Kier alpha value is -2.72. The van der Waals surface area contributed by atoms with Crippen molar-refractivity contribution in [2.24, 2.45) is 0 Å². The highest BCUT2D eigenvalue weighted by atomic mass is 35.5. The van der Waals surface area contributed by atoms with E-state index in [1.54, 1.807) is 23.5 Å². The molecule has 10 heteroatoms. The average molecular weight is 487 g/mol. The first-order valence-electron chi connectivity index (χ1n) is 10.1. The topological polar surface area (TPSA) is 83.8 Å². The first-order valence-corrected chi connectivity index (χ1v) is 12.8. The number of halogens is 1. The van der Waals surface area contributed by atoms with Gasteiger partial charge < -0.3 is 5.32 Å². The first kappa shape index (κ1) is 21.1. The Kier molecular flexibility index (Phi) is 5.50. The molecule has 32 heavy (non-hydrogen) atoms. The van der Waals surface area contributed by atoms with E-state index in [1.165, 1.54) is 22.5 Å². The number of hydrogen-bond acceptors (Lipinski definition) is 5. The number of aromatic nitrogens is 2. The predicted molar refractivity (Wildman–Crippen MR) is 126 cm³/mol. The molecule has 1 amide bonds. The van der Waals surface area contributed by atoms with Gasteiger partial charge in [-0.25, -0.2) is 13.4 Å². The molecular formula is C22H19ClN4O3S2. The number of nitrogens with zero attached hydrogens (tertiary/aromatic N) is 3. The van der Waals surface area contributed by atoms with Gasteiger partial charge in [0.2, 0.25) is 10.0 Å². The van der Waals surface area contributed by atoms with Crippen LogP contribution in [-0.4, -0.2) is 41.1 Å². The van der Waals surface area contributed by atoms with Gasteiger partial charge in [-0.15, -0.1) is 11.3 Å². The van der Waals surface area contributed by atoms with Crippen LogP contribution in [-0.2, 0) is 10.0 Å². The molecule has 0 aliphatic carbocycles. The molecule has 1 N–H and O–H groups in total. The number of thiazole rings is 1. The first-order chi connectivity index (χ1) is 15.4. The summed E-state index contributed by atoms with van der Waals surface area (Å²) in [7, 11) is -3.73. The fourth-order valence-corrected chi connectivity index (χ4v) is 6.42. The molecule has 0 bridgehead atoms. The zero-order valence-electron chi connectivity index (χ0n) is 16.9. The highest BCUT2D eigenvalue weighted by molar-refractivity contribution is 7.89. The van der Waals surface area contributed by atoms with E-state index < -0.39 is 15.9 Å². The van der Waals surface area contributed by atoms with Crippen LogP contribution in [0.4, 0.5) is 5.69 Å². The predicted octanol–water partition coefficient (Wildman–Crippen LogP) is 4.75. The van der Waals surface area contributed by atoms with Crippen molar-refractivity contribution < 1.29 is 13.2 Å². The molecule has 0 atom stereocenters. The molecule has 4 aromatic rings. The smallest absolute Gasteiger partial charge is 0.255 e. The van der Waals surface area contributed by atoms with E-state index >= 15 is 0 Å². The molecule has 1 saturated heterocycles. The Balaban J connectivity index is 1.35. The minimum atomic E-state index is -3.73. The molecule has 0 unspecified atom stereocenters. The Bertz CT molecular complexity index is 1380. The van der Waals surface area contributed by atoms with Crippen molar-refractivity contribution in [3.63, 3.8) is 0 Å². The lowest BCUT2D eigenvalue weighted by atomic mass is 10.1. The maximum Gasteiger partial charge on any atom is 0.255 e. The number of carbonyl (C=O) groups excluding carboxylic acids is 1. The quantitative estimate of drug-likeness (QED) is 0.441. The minimum Gasteiger partial charge on any atom is -0.322 e. The fraction of sp³-hybridized carbons (Fsp3) is 0.182. The van der Waals surface area contributed by atoms with Crippen LogP contribution in [0.3, 0.4) is 0 Å². The number of amides is 1. The Morgan fingerprint density at radius 1 is 1.09 bits per heavy atom. The van der Waals surface area contributed by atoms with E-state index in [-0.39, 0.29) is 15.5 Å². The molecule has 164 valence electrons. The van der Waals surface area contributed by atoms with Crippen molar-refractivity contribution in [1.82, 2.24) is 13.7 Å². The van der Waals surface area contributed by atoms with Crippen LogP contribution >= 0.6 is 22.9 Å². The third-order valence-electron chi connectivity index (χ3n) is 5.41. The van der Waals surface area contributed by atoms with Gasteiger partial charge in [-0.2, -0.15) is 4.31 Å². The molecule has 0 saturated carbocycles. The summed E-state index contributed by atoms with van der Waals surface area (Å²) in [4.78, 5) is 18.2. The molecule has 0 spiro atoms. The van der Waals surface area contributed by atoms with Crippen LogP contribution in [0.15, 0.2) is 65.1 Å². The lowest BCUT2D eigenvalue weighted by molar-refractivity contribution is 0.102. The van der Waals surface area contributed by atoms with Gasteiger partial charge in [-0.3, -0.25) is 9.20 Å². The van der Waals surface area contributed by atoms with Crippen molar-refractivity contribution in [2.75, 3.05) is 18.4 Å². The number of anilines is 1. The zero-order chi connectivity index (χ0) is 22.3. The number of imidazole rings is 1. The molecule has 1 fully saturated rings. The van der Waals surface area contributed by atoms with Gasteiger partial charge >= 0.3 is 0 Å². The molecule has 1 aliphatic rings. The van der Waals surface area contributed by atoms with Gasteiger partial charge in [-0.05, 0) is 43.2 Å². The summed E-state index contributed by atoms with van der Waals surface area (Å²) in [5.41, 5.74) is 2.61. The monoisotopic (exact) mass is 486 g/mol. The summed E-state index contributed by atoms with van der Waals surface area (Å²) in [6, 6.07) is 11.7. The number of hydrogen-bond donors (Lipinski definition) is 1. The molecule has 0 radical (unpaired) electrons. The van der Waals surface area contributed by atoms with Crippen LogP contribution < -0.4 is 5.32 Å². The van der Waals surface area contributed by atoms with E-state index in [0.717, 1.165) is 29.1 Å². The molecule has 1 aliphatic heterocycles. The highest BCUT2D eigenvalue weighted by Crippen LogP contribution is 2.29. The number of nitrogens with one attached hydrogen (secondary N) is 1. The Morgan fingerprint density at radius 3 is 2.56 bits per heavy atom. The molecular weight excluding hydrogens is 468 g/mol. The Labute approximate surface area is 194 Å². The Morgan fingerprint density at radius 2 is 1.84 bits per heavy atom. The maximum absolute atomic E-state index is 12.9. The fourth-order valence-electron chi connectivity index (χ4n) is 3.70. The maximum atomic E-state index is 12.9. The van der Waals surface area contributed by atoms with Crippen molar-refractivity contribution in [1.29, 1.82) is 0 Å². The summed E-state index contributed by atoms with van der Waals surface area (Å²) in [6.07, 6.45) is 5.55. The molecule has 2 aromatic carbocycles. The standard InChI is InChI=1S/C22H19ClN4O3S2/c23-18-8-5-16(13-20(18)32(29,30)27-9-1-2-10-27)21(28)24-17-6-3-15(4-7-17)19-14-26-11-12-31-22(26)25-19/h3-8,11-14H,1-2,9-10H2,(H,24,28). The molecule has 5 rings (SSSR count). The van der Waals surface area contributed by atoms with E-state index in [2.05, 4.69) is 10.3 Å². The minimum absolute atomic E-state index is 0.0381. The second-order valence-electron chi connectivity index (χ2n) is 7.51. The summed E-state index contributed by atoms with van der Waals surface area (Å²) in [5, 5.41) is 4.90. The molecule has 3 heterocycles. The van der Waals surface area contributed by atoms with Gasteiger partial charge in [0.15, 0.2) is 4.96 Å². The zero-order valence-corrected chi connectivity index (χ0v) is 19.3. The van der Waals surface area contributed by atoms with Gasteiger partial charge in [0.1, 0.15) is 4.90 Å². The van der Waals surface area contributed by atoms with Gasteiger partial charge in [0.05, 0.1) is 10.7 Å². The normalized spacial score (nSPS) is 14.8. The number of benzene rings is 2. The van der Waals surface area contributed by atoms with Crippen LogP contribution in [0, 0.1) is 0 Å². The summed E-state index contributed by atoms with van der Waals surface area (Å²) in [6.45, 7) is 0.937. The highest BCUT2D eigenvalue weighted by Gasteiger charge is 2.29. The van der Waals surface area contributed by atoms with Crippen molar-refractivity contribution in [3.05, 3.63) is 70.8 Å². The third kappa shape index (κ3) is 3.93. The van der Waals surface area contributed by atoms with Gasteiger partial charge in [-0.1, -0.05) is 23.7 Å². The number of rotatable bonds is 5. The second-order valence-corrected chi connectivity index (χ2v) is 10.7. The summed E-state index contributed by atoms with van der Waals surface area (Å²) < 4.78 is 29.2. The van der Waals surface area contributed by atoms with Crippen LogP contribution in [0.5, 0.6) is 0 Å². The van der Waals surface area contributed by atoms with Crippen molar-refractivity contribution in [3.8, 4) is 11.3 Å². The molecule has 7 nitrogen and oxygen atoms in total. The van der Waals surface area contributed by atoms with Crippen LogP contribution in [0.2, 0.25) is 5.02 Å². The largest absolute Gasteiger partial charge is 0.322 e. The van der Waals surface area contributed by atoms with Gasteiger partial charge in [0.25, 0.3) is 5.91 Å². The van der Waals surface area contributed by atoms with Crippen molar-refractivity contribution >= 4 is 49.5 Å². The number of fused-ring (bicyclic) bond motifs is 1. The average Bonchev–Trinajstić information content (AvgIpc) is 3.52. The second kappa shape index (κ2) is 8.32.